The largest absolute Gasteiger partial charge is 0.318 e. The molecule has 10 heavy (non-hydrogen) atoms. The third-order valence-corrected chi connectivity index (χ3v) is 2.22. The Kier molecular flexibility index (Phi) is 2.69. The van der Waals surface area contributed by atoms with Crippen molar-refractivity contribution < 1.29 is 0 Å². The fraction of sp³-hybridized carbons (Fsp3) is 1.00. The molecule has 1 N–H and O–H groups in total. The second kappa shape index (κ2) is 3.35. The topological polar surface area (TPSA) is 15.3 Å². The molecule has 0 amide bonds. The third-order valence-electron chi connectivity index (χ3n) is 2.22. The molecule has 1 unspecified atom stereocenters. The van der Waals surface area contributed by atoms with Crippen molar-refractivity contribution in [1.29, 1.82) is 0 Å². The van der Waals surface area contributed by atoms with Gasteiger partial charge >= 0.3 is 0 Å². The second-order valence-electron chi connectivity index (χ2n) is 3.47. The molecule has 1 fully saturated rings. The number of hydrogen-bond donors (Lipinski definition) is 1. The molecule has 1 aliphatic heterocycles. The lowest BCUT2D eigenvalue weighted by molar-refractivity contribution is 0.0711. The van der Waals surface area contributed by atoms with Crippen LogP contribution in [-0.2, 0) is 0 Å². The molecule has 1 saturated heterocycles. The van der Waals surface area contributed by atoms with Crippen LogP contribution in [0.5, 0.6) is 0 Å². The quantitative estimate of drug-likeness (QED) is 0.619. The molecule has 60 valence electrons. The summed E-state index contributed by atoms with van der Waals surface area (Å²) >= 11 is 0. The standard InChI is InChI=1S/C8H18N2/c1-7-5-10(6-7)8(2)4-9-3/h7-9H,4-6H2,1-3H3. The van der Waals surface area contributed by atoms with Gasteiger partial charge in [0, 0.05) is 25.7 Å². The SMILES string of the molecule is CNCC(C)N1CC(C)C1. The summed E-state index contributed by atoms with van der Waals surface area (Å²) < 4.78 is 0. The van der Waals surface area contributed by atoms with Gasteiger partial charge in [0.25, 0.3) is 0 Å². The van der Waals surface area contributed by atoms with Crippen molar-refractivity contribution in [1.82, 2.24) is 10.2 Å². The molecule has 1 heterocycles. The van der Waals surface area contributed by atoms with Gasteiger partial charge in [-0.25, -0.2) is 0 Å². The summed E-state index contributed by atoms with van der Waals surface area (Å²) in [6, 6.07) is 0.723. The van der Waals surface area contributed by atoms with E-state index in [1.165, 1.54) is 13.1 Å². The molecular weight excluding hydrogens is 124 g/mol. The Balaban J connectivity index is 2.11. The first-order chi connectivity index (χ1) is 4.74. The Hall–Kier alpha value is -0.0800. The maximum absolute atomic E-state index is 3.19. The average Bonchev–Trinajstić information content (AvgIpc) is 1.82. The maximum Gasteiger partial charge on any atom is 0.0192 e. The van der Waals surface area contributed by atoms with Crippen LogP contribution >= 0.6 is 0 Å². The van der Waals surface area contributed by atoms with Crippen LogP contribution in [0.1, 0.15) is 13.8 Å². The number of likely N-dealkylation sites (N-methyl/N-ethyl adjacent to an activating group) is 1. The molecule has 0 aromatic carbocycles. The molecule has 0 bridgehead atoms. The van der Waals surface area contributed by atoms with Gasteiger partial charge in [0.05, 0.1) is 0 Å². The van der Waals surface area contributed by atoms with Crippen molar-refractivity contribution in [3.8, 4) is 0 Å². The van der Waals surface area contributed by atoms with E-state index in [1.807, 2.05) is 7.05 Å². The number of hydrogen-bond acceptors (Lipinski definition) is 2. The van der Waals surface area contributed by atoms with E-state index in [1.54, 1.807) is 0 Å². The Morgan fingerprint density at radius 2 is 2.20 bits per heavy atom. The Labute approximate surface area is 63.6 Å². The molecule has 0 aliphatic carbocycles. The van der Waals surface area contributed by atoms with Crippen molar-refractivity contribution >= 4 is 0 Å². The Morgan fingerprint density at radius 3 is 2.60 bits per heavy atom. The normalized spacial score (nSPS) is 24.3. The van der Waals surface area contributed by atoms with Crippen LogP contribution in [0.2, 0.25) is 0 Å². The lowest BCUT2D eigenvalue weighted by Gasteiger charge is -2.41. The zero-order valence-corrected chi connectivity index (χ0v) is 7.22. The molecule has 2 nitrogen and oxygen atoms in total. The summed E-state index contributed by atoms with van der Waals surface area (Å²) in [4.78, 5) is 2.52. The van der Waals surface area contributed by atoms with Gasteiger partial charge in [0.15, 0.2) is 0 Å². The van der Waals surface area contributed by atoms with Crippen molar-refractivity contribution in [3.63, 3.8) is 0 Å². The number of nitrogens with zero attached hydrogens (tertiary/aromatic N) is 1. The van der Waals surface area contributed by atoms with Crippen LogP contribution < -0.4 is 5.32 Å². The van der Waals surface area contributed by atoms with E-state index in [2.05, 4.69) is 24.1 Å². The first kappa shape index (κ1) is 8.02. The molecule has 1 rings (SSSR count). The van der Waals surface area contributed by atoms with E-state index >= 15 is 0 Å². The van der Waals surface area contributed by atoms with Gasteiger partial charge in [-0.2, -0.15) is 0 Å². The molecule has 0 radical (unpaired) electrons. The maximum atomic E-state index is 3.19. The Bertz CT molecular complexity index is 94.7. The summed E-state index contributed by atoms with van der Waals surface area (Å²) in [5.41, 5.74) is 0. The highest BCUT2D eigenvalue weighted by molar-refractivity contribution is 4.81. The van der Waals surface area contributed by atoms with E-state index in [-0.39, 0.29) is 0 Å². The van der Waals surface area contributed by atoms with Gasteiger partial charge in [0.1, 0.15) is 0 Å². The zero-order valence-electron chi connectivity index (χ0n) is 7.22. The summed E-state index contributed by atoms with van der Waals surface area (Å²) in [5.74, 6) is 0.930. The number of likely N-dealkylation sites (tertiary alicyclic amines) is 1. The van der Waals surface area contributed by atoms with Gasteiger partial charge in [-0.1, -0.05) is 6.92 Å². The van der Waals surface area contributed by atoms with Crippen LogP contribution in [0.25, 0.3) is 0 Å². The monoisotopic (exact) mass is 142 g/mol. The first-order valence-corrected chi connectivity index (χ1v) is 4.12. The fourth-order valence-corrected chi connectivity index (χ4v) is 1.53. The van der Waals surface area contributed by atoms with Crippen LogP contribution in [0, 0.1) is 5.92 Å². The second-order valence-corrected chi connectivity index (χ2v) is 3.47. The van der Waals surface area contributed by atoms with Crippen LogP contribution in [-0.4, -0.2) is 37.6 Å². The van der Waals surface area contributed by atoms with E-state index in [4.69, 9.17) is 0 Å². The van der Waals surface area contributed by atoms with Crippen molar-refractivity contribution in [2.24, 2.45) is 5.92 Å². The minimum atomic E-state index is 0.723. The van der Waals surface area contributed by atoms with Gasteiger partial charge in [-0.05, 0) is 19.9 Å². The highest BCUT2D eigenvalue weighted by Crippen LogP contribution is 2.16. The molecular formula is C8H18N2. The van der Waals surface area contributed by atoms with Gasteiger partial charge < -0.3 is 5.32 Å². The van der Waals surface area contributed by atoms with Crippen LogP contribution in [0.15, 0.2) is 0 Å². The molecule has 1 atom stereocenters. The summed E-state index contributed by atoms with van der Waals surface area (Å²) in [6.07, 6.45) is 0. The molecule has 2 heteroatoms. The minimum absolute atomic E-state index is 0.723. The lowest BCUT2D eigenvalue weighted by atomic mass is 10.0. The smallest absolute Gasteiger partial charge is 0.0192 e. The predicted molar refractivity (Wildman–Crippen MR) is 44.1 cm³/mol. The molecule has 0 spiro atoms. The van der Waals surface area contributed by atoms with Gasteiger partial charge in [-0.3, -0.25) is 4.90 Å². The molecule has 0 aromatic heterocycles. The van der Waals surface area contributed by atoms with E-state index in [0.717, 1.165) is 18.5 Å². The van der Waals surface area contributed by atoms with Crippen LogP contribution in [0.3, 0.4) is 0 Å². The number of nitrogens with one attached hydrogen (secondary N) is 1. The summed E-state index contributed by atoms with van der Waals surface area (Å²) in [6.45, 7) is 8.30. The third kappa shape index (κ3) is 1.70. The molecule has 1 aliphatic rings. The van der Waals surface area contributed by atoms with Crippen molar-refractivity contribution in [3.05, 3.63) is 0 Å². The van der Waals surface area contributed by atoms with Gasteiger partial charge in [-0.15, -0.1) is 0 Å². The molecule has 0 aromatic rings. The zero-order chi connectivity index (χ0) is 7.56. The van der Waals surface area contributed by atoms with Gasteiger partial charge in [0.2, 0.25) is 0 Å². The summed E-state index contributed by atoms with van der Waals surface area (Å²) in [5, 5.41) is 3.19. The molecule has 0 saturated carbocycles. The highest BCUT2D eigenvalue weighted by Gasteiger charge is 2.25. The van der Waals surface area contributed by atoms with Crippen LogP contribution in [0.4, 0.5) is 0 Å². The van der Waals surface area contributed by atoms with Crippen molar-refractivity contribution in [2.45, 2.75) is 19.9 Å². The van der Waals surface area contributed by atoms with E-state index in [9.17, 15) is 0 Å². The fourth-order valence-electron chi connectivity index (χ4n) is 1.53. The Morgan fingerprint density at radius 1 is 1.60 bits per heavy atom. The first-order valence-electron chi connectivity index (χ1n) is 4.12. The summed E-state index contributed by atoms with van der Waals surface area (Å²) in [7, 11) is 2.01. The van der Waals surface area contributed by atoms with Crippen molar-refractivity contribution in [2.75, 3.05) is 26.7 Å². The van der Waals surface area contributed by atoms with E-state index < -0.39 is 0 Å². The predicted octanol–water partition coefficient (Wildman–Crippen LogP) is 0.546. The minimum Gasteiger partial charge on any atom is -0.318 e. The average molecular weight is 142 g/mol. The highest BCUT2D eigenvalue weighted by atomic mass is 15.2. The number of rotatable bonds is 3. The lowest BCUT2D eigenvalue weighted by Crippen LogP contribution is -2.52. The van der Waals surface area contributed by atoms with E-state index in [0.29, 0.717) is 0 Å².